The molecule has 0 bridgehead atoms. The second kappa shape index (κ2) is 9.56. The summed E-state index contributed by atoms with van der Waals surface area (Å²) in [5.74, 6) is 0.642. The van der Waals surface area contributed by atoms with E-state index in [1.54, 1.807) is 6.08 Å². The van der Waals surface area contributed by atoms with E-state index in [1.807, 2.05) is 0 Å². The van der Waals surface area contributed by atoms with Crippen molar-refractivity contribution in [1.29, 1.82) is 0 Å². The van der Waals surface area contributed by atoms with Gasteiger partial charge in [0.2, 0.25) is 0 Å². The zero-order valence-electron chi connectivity index (χ0n) is 13.1. The molecule has 2 N–H and O–H groups in total. The van der Waals surface area contributed by atoms with E-state index in [0.29, 0.717) is 25.7 Å². The lowest BCUT2D eigenvalue weighted by molar-refractivity contribution is 0.0190. The molecule has 5 nitrogen and oxygen atoms in total. The number of aliphatic hydroxyl groups excluding tert-OH is 1. The topological polar surface area (TPSA) is 75.6 Å². The Bertz CT molecular complexity index is 408. The molecule has 0 aromatic heterocycles. The van der Waals surface area contributed by atoms with Gasteiger partial charge in [-0.05, 0) is 12.3 Å². The van der Waals surface area contributed by atoms with Crippen LogP contribution in [0.25, 0.3) is 0 Å². The highest BCUT2D eigenvalue weighted by Crippen LogP contribution is 2.13. The number of ether oxygens (including phenoxy) is 1. The summed E-state index contributed by atoms with van der Waals surface area (Å²) in [6, 6.07) is -0.197. The molecule has 6 heteroatoms. The maximum absolute atomic E-state index is 11.2. The van der Waals surface area contributed by atoms with Gasteiger partial charge in [0, 0.05) is 24.6 Å². The van der Waals surface area contributed by atoms with Crippen molar-refractivity contribution in [3.05, 3.63) is 11.5 Å². The molecule has 124 valence electrons. The molecule has 0 aliphatic carbocycles. The smallest absolute Gasteiger partial charge is 0.173 e. The molecule has 0 fully saturated rings. The Balaban J connectivity index is 2.11. The van der Waals surface area contributed by atoms with Gasteiger partial charge in [0.15, 0.2) is 9.84 Å². The molecule has 1 heterocycles. The van der Waals surface area contributed by atoms with Crippen molar-refractivity contribution in [2.75, 3.05) is 25.5 Å². The van der Waals surface area contributed by atoms with Gasteiger partial charge in [-0.3, -0.25) is 0 Å². The number of hydrogen-bond acceptors (Lipinski definition) is 5. The lowest BCUT2D eigenvalue weighted by Gasteiger charge is -2.18. The molecule has 3 atom stereocenters. The molecule has 0 saturated heterocycles. The number of unbranched alkanes of at least 4 members (excludes halogenated alkanes) is 1. The first kappa shape index (κ1) is 18.6. The lowest BCUT2D eigenvalue weighted by atomic mass is 10.0. The largest absolute Gasteiger partial charge is 0.389 e. The third kappa shape index (κ3) is 7.95. The van der Waals surface area contributed by atoms with Crippen LogP contribution < -0.4 is 5.32 Å². The highest BCUT2D eigenvalue weighted by molar-refractivity contribution is 7.94. The molecular formula is C15H29NO4S. The van der Waals surface area contributed by atoms with Crippen molar-refractivity contribution < 1.29 is 18.3 Å². The summed E-state index contributed by atoms with van der Waals surface area (Å²) < 4.78 is 28.1. The van der Waals surface area contributed by atoms with Crippen molar-refractivity contribution in [2.24, 2.45) is 5.92 Å². The summed E-state index contributed by atoms with van der Waals surface area (Å²) in [4.78, 5) is 0. The first-order valence-corrected chi connectivity index (χ1v) is 9.58. The van der Waals surface area contributed by atoms with Crippen LogP contribution in [-0.2, 0) is 14.6 Å². The van der Waals surface area contributed by atoms with Crippen molar-refractivity contribution in [1.82, 2.24) is 5.32 Å². The molecule has 1 aliphatic rings. The van der Waals surface area contributed by atoms with Gasteiger partial charge in [0.25, 0.3) is 0 Å². The fourth-order valence-electron chi connectivity index (χ4n) is 2.32. The summed E-state index contributed by atoms with van der Waals surface area (Å²) >= 11 is 0. The van der Waals surface area contributed by atoms with Gasteiger partial charge in [0.1, 0.15) is 0 Å². The summed E-state index contributed by atoms with van der Waals surface area (Å²) in [5, 5.41) is 14.1. The number of sulfone groups is 1. The Kier molecular flexibility index (Phi) is 8.48. The van der Waals surface area contributed by atoms with E-state index in [2.05, 4.69) is 19.2 Å². The monoisotopic (exact) mass is 319 g/mol. The number of aliphatic hydroxyl groups is 1. The predicted octanol–water partition coefficient (Wildman–Crippen LogP) is 1.48. The quantitative estimate of drug-likeness (QED) is 0.603. The molecule has 0 spiro atoms. The standard InChI is InChI=1S/C15H29NO4S/c1-3-5-6-13(4-2)10-20-11-15(17)9-16-14-7-8-21(18,19)12-14/h7-8,13-17H,3-6,9-12H2,1-2H3. The van der Waals surface area contributed by atoms with Gasteiger partial charge < -0.3 is 15.2 Å². The van der Waals surface area contributed by atoms with Crippen LogP contribution in [0.2, 0.25) is 0 Å². The minimum atomic E-state index is -3.04. The van der Waals surface area contributed by atoms with E-state index < -0.39 is 15.9 Å². The molecule has 0 radical (unpaired) electrons. The van der Waals surface area contributed by atoms with Crippen molar-refractivity contribution in [3.63, 3.8) is 0 Å². The summed E-state index contributed by atoms with van der Waals surface area (Å²) in [6.45, 7) is 5.66. The first-order valence-electron chi connectivity index (χ1n) is 7.87. The van der Waals surface area contributed by atoms with Gasteiger partial charge in [-0.15, -0.1) is 0 Å². The van der Waals surface area contributed by atoms with Crippen LogP contribution in [0.15, 0.2) is 11.5 Å². The SMILES string of the molecule is CCCCC(CC)COCC(O)CNC1C=CS(=O)(=O)C1. The van der Waals surface area contributed by atoms with Gasteiger partial charge in [-0.2, -0.15) is 0 Å². The Hall–Kier alpha value is -0.430. The van der Waals surface area contributed by atoms with Crippen molar-refractivity contribution >= 4 is 9.84 Å². The highest BCUT2D eigenvalue weighted by Gasteiger charge is 2.21. The third-order valence-corrected chi connectivity index (χ3v) is 5.15. The minimum Gasteiger partial charge on any atom is -0.389 e. The van der Waals surface area contributed by atoms with Crippen LogP contribution in [0.3, 0.4) is 0 Å². The Morgan fingerprint density at radius 3 is 2.71 bits per heavy atom. The second-order valence-corrected chi connectivity index (χ2v) is 7.71. The Labute approximate surface area is 128 Å². The zero-order chi connectivity index (χ0) is 15.7. The molecule has 21 heavy (non-hydrogen) atoms. The fraction of sp³-hybridized carbons (Fsp3) is 0.867. The van der Waals surface area contributed by atoms with Crippen LogP contribution >= 0.6 is 0 Å². The maximum Gasteiger partial charge on any atom is 0.173 e. The van der Waals surface area contributed by atoms with Gasteiger partial charge in [-0.1, -0.05) is 39.2 Å². The average Bonchev–Trinajstić information content (AvgIpc) is 2.80. The summed E-state index contributed by atoms with van der Waals surface area (Å²) in [6.07, 6.45) is 5.70. The molecule has 1 aliphatic heterocycles. The molecule has 0 aromatic carbocycles. The van der Waals surface area contributed by atoms with Gasteiger partial charge >= 0.3 is 0 Å². The normalized spacial score (nSPS) is 23.3. The van der Waals surface area contributed by atoms with Crippen LogP contribution in [0.4, 0.5) is 0 Å². The Morgan fingerprint density at radius 2 is 2.14 bits per heavy atom. The Morgan fingerprint density at radius 1 is 1.38 bits per heavy atom. The fourth-order valence-corrected chi connectivity index (χ4v) is 3.59. The summed E-state index contributed by atoms with van der Waals surface area (Å²) in [5.41, 5.74) is 0. The van der Waals surface area contributed by atoms with Crippen LogP contribution in [0, 0.1) is 5.92 Å². The van der Waals surface area contributed by atoms with E-state index >= 15 is 0 Å². The van der Waals surface area contributed by atoms with E-state index in [1.165, 1.54) is 24.7 Å². The number of hydrogen-bond donors (Lipinski definition) is 2. The van der Waals surface area contributed by atoms with Gasteiger partial charge in [-0.25, -0.2) is 8.42 Å². The number of nitrogens with one attached hydrogen (secondary N) is 1. The van der Waals surface area contributed by atoms with Crippen LogP contribution in [0.1, 0.15) is 39.5 Å². The predicted molar refractivity (Wildman–Crippen MR) is 84.8 cm³/mol. The minimum absolute atomic E-state index is 0.0789. The molecular weight excluding hydrogens is 290 g/mol. The summed E-state index contributed by atoms with van der Waals surface area (Å²) in [7, 11) is -3.04. The highest BCUT2D eigenvalue weighted by atomic mass is 32.2. The molecule has 0 amide bonds. The molecule has 0 saturated carbocycles. The number of rotatable bonds is 11. The molecule has 3 unspecified atom stereocenters. The van der Waals surface area contributed by atoms with E-state index in [4.69, 9.17) is 4.74 Å². The van der Waals surface area contributed by atoms with E-state index in [0.717, 1.165) is 6.42 Å². The third-order valence-electron chi connectivity index (χ3n) is 3.75. The average molecular weight is 319 g/mol. The van der Waals surface area contributed by atoms with Crippen molar-refractivity contribution in [2.45, 2.75) is 51.7 Å². The maximum atomic E-state index is 11.2. The molecule has 0 aromatic rings. The lowest BCUT2D eigenvalue weighted by Crippen LogP contribution is -2.38. The second-order valence-electron chi connectivity index (χ2n) is 5.78. The van der Waals surface area contributed by atoms with Crippen LogP contribution in [-0.4, -0.2) is 51.2 Å². The van der Waals surface area contributed by atoms with E-state index in [-0.39, 0.29) is 11.8 Å². The van der Waals surface area contributed by atoms with Crippen molar-refractivity contribution in [3.8, 4) is 0 Å². The van der Waals surface area contributed by atoms with Gasteiger partial charge in [0.05, 0.1) is 18.5 Å². The van der Waals surface area contributed by atoms with Crippen LogP contribution in [0.5, 0.6) is 0 Å². The first-order chi connectivity index (χ1) is 9.96. The van der Waals surface area contributed by atoms with E-state index in [9.17, 15) is 13.5 Å². The molecule has 1 rings (SSSR count). The zero-order valence-corrected chi connectivity index (χ0v) is 13.9.